The van der Waals surface area contributed by atoms with Crippen molar-refractivity contribution in [1.29, 1.82) is 0 Å². The van der Waals surface area contributed by atoms with Gasteiger partial charge in [-0.2, -0.15) is 0 Å². The van der Waals surface area contributed by atoms with Gasteiger partial charge in [-0.25, -0.2) is 4.79 Å². The Morgan fingerprint density at radius 3 is 2.05 bits per heavy atom. The molecule has 0 rings (SSSR count). The Bertz CT molecular complexity index is 444. The lowest BCUT2D eigenvalue weighted by atomic mass is 9.99. The quantitative estimate of drug-likeness (QED) is 0.414. The molecule has 0 spiro atoms. The summed E-state index contributed by atoms with van der Waals surface area (Å²) in [6.45, 7) is 1.95. The summed E-state index contributed by atoms with van der Waals surface area (Å²) < 4.78 is 0. The van der Waals surface area contributed by atoms with Crippen LogP contribution in [0.1, 0.15) is 39.0 Å². The third kappa shape index (κ3) is 9.51. The normalized spacial score (nSPS) is 13.5. The zero-order valence-electron chi connectivity index (χ0n) is 12.3. The first kappa shape index (κ1) is 19.6. The van der Waals surface area contributed by atoms with Gasteiger partial charge >= 0.3 is 17.9 Å². The smallest absolute Gasteiger partial charge is 0.326 e. The maximum atomic E-state index is 11.8. The third-order valence-electron chi connectivity index (χ3n) is 2.76. The highest BCUT2D eigenvalue weighted by molar-refractivity contribution is 5.87. The molecule has 1 amide bonds. The van der Waals surface area contributed by atoms with Crippen LogP contribution in [0, 0.1) is 5.92 Å². The van der Waals surface area contributed by atoms with E-state index in [-0.39, 0.29) is 12.8 Å². The summed E-state index contributed by atoms with van der Waals surface area (Å²) in [5, 5.41) is 28.3. The fraction of sp³-hybridized carbons (Fsp3) is 0.571. The van der Waals surface area contributed by atoms with Gasteiger partial charge in [0, 0.05) is 6.42 Å². The highest BCUT2D eigenvalue weighted by Crippen LogP contribution is 2.12. The van der Waals surface area contributed by atoms with Gasteiger partial charge in [0.2, 0.25) is 5.91 Å². The van der Waals surface area contributed by atoms with E-state index < -0.39 is 42.2 Å². The first-order valence-corrected chi connectivity index (χ1v) is 6.88. The predicted octanol–water partition coefficient (Wildman–Crippen LogP) is 0.868. The molecule has 0 aliphatic heterocycles. The molecular formula is C14H21NO7. The fourth-order valence-electron chi connectivity index (χ4n) is 1.75. The molecule has 124 valence electrons. The van der Waals surface area contributed by atoms with E-state index in [1.165, 1.54) is 0 Å². The first-order chi connectivity index (χ1) is 10.3. The highest BCUT2D eigenvalue weighted by Gasteiger charge is 2.24. The third-order valence-corrected chi connectivity index (χ3v) is 2.76. The maximum Gasteiger partial charge on any atom is 0.326 e. The maximum absolute atomic E-state index is 11.8. The summed E-state index contributed by atoms with van der Waals surface area (Å²) in [5.41, 5.74) is 0. The summed E-state index contributed by atoms with van der Waals surface area (Å²) in [5.74, 6) is -5.13. The van der Waals surface area contributed by atoms with Gasteiger partial charge in [-0.05, 0) is 12.3 Å². The van der Waals surface area contributed by atoms with Crippen LogP contribution in [0.25, 0.3) is 0 Å². The van der Waals surface area contributed by atoms with Gasteiger partial charge in [-0.3, -0.25) is 14.4 Å². The SMILES string of the molecule is CCC/C=C/C(CC(=O)O)CC(=O)N[C@@H](CC(=O)O)C(=O)O. The van der Waals surface area contributed by atoms with E-state index in [9.17, 15) is 19.2 Å². The van der Waals surface area contributed by atoms with Crippen LogP contribution in [-0.2, 0) is 19.2 Å². The summed E-state index contributed by atoms with van der Waals surface area (Å²) in [6.07, 6.45) is 3.80. The van der Waals surface area contributed by atoms with E-state index in [1.807, 2.05) is 6.92 Å². The van der Waals surface area contributed by atoms with Crippen LogP contribution < -0.4 is 5.32 Å². The van der Waals surface area contributed by atoms with Gasteiger partial charge in [0.15, 0.2) is 0 Å². The molecule has 0 aliphatic rings. The lowest BCUT2D eigenvalue weighted by Crippen LogP contribution is -2.42. The molecule has 1 unspecified atom stereocenters. The fourth-order valence-corrected chi connectivity index (χ4v) is 1.75. The summed E-state index contributed by atoms with van der Waals surface area (Å²) in [4.78, 5) is 43.9. The van der Waals surface area contributed by atoms with Gasteiger partial charge < -0.3 is 20.6 Å². The minimum Gasteiger partial charge on any atom is -0.481 e. The second-order valence-corrected chi connectivity index (χ2v) is 4.84. The van der Waals surface area contributed by atoms with Crippen LogP contribution in [0.15, 0.2) is 12.2 Å². The number of carbonyl (C=O) groups excluding carboxylic acids is 1. The van der Waals surface area contributed by atoms with Gasteiger partial charge in [-0.1, -0.05) is 25.5 Å². The van der Waals surface area contributed by atoms with Crippen molar-refractivity contribution in [3.8, 4) is 0 Å². The summed E-state index contributed by atoms with van der Waals surface area (Å²) in [6, 6.07) is -1.53. The number of amides is 1. The van der Waals surface area contributed by atoms with E-state index in [0.29, 0.717) is 0 Å². The molecule has 4 N–H and O–H groups in total. The van der Waals surface area contributed by atoms with Crippen LogP contribution in [0.5, 0.6) is 0 Å². The molecule has 0 fully saturated rings. The Morgan fingerprint density at radius 2 is 1.59 bits per heavy atom. The second-order valence-electron chi connectivity index (χ2n) is 4.84. The zero-order valence-corrected chi connectivity index (χ0v) is 12.3. The molecule has 0 aliphatic carbocycles. The number of rotatable bonds is 11. The van der Waals surface area contributed by atoms with Crippen molar-refractivity contribution in [2.75, 3.05) is 0 Å². The molecule has 0 aromatic carbocycles. The average molecular weight is 315 g/mol. The van der Waals surface area contributed by atoms with Crippen molar-refractivity contribution in [3.05, 3.63) is 12.2 Å². The minimum atomic E-state index is -1.53. The number of unbranched alkanes of at least 4 members (excludes halogenated alkanes) is 1. The number of carboxylic acid groups (broad SMARTS) is 3. The van der Waals surface area contributed by atoms with E-state index in [4.69, 9.17) is 15.3 Å². The Balaban J connectivity index is 4.67. The number of allylic oxidation sites excluding steroid dienone is 2. The van der Waals surface area contributed by atoms with Crippen molar-refractivity contribution >= 4 is 23.8 Å². The molecule has 0 saturated carbocycles. The molecule has 0 heterocycles. The van der Waals surface area contributed by atoms with Gasteiger partial charge in [0.1, 0.15) is 6.04 Å². The summed E-state index contributed by atoms with van der Waals surface area (Å²) in [7, 11) is 0. The standard InChI is InChI=1S/C14H21NO7/c1-2-3-4-5-9(7-12(17)18)6-11(16)15-10(14(21)22)8-13(19)20/h4-5,9-10H,2-3,6-8H2,1H3,(H,15,16)(H,17,18)(H,19,20)(H,21,22)/b5-4+/t9?,10-/m0/s1. The zero-order chi connectivity index (χ0) is 17.1. The average Bonchev–Trinajstić information content (AvgIpc) is 2.36. The molecule has 0 bridgehead atoms. The molecule has 22 heavy (non-hydrogen) atoms. The van der Waals surface area contributed by atoms with Crippen LogP contribution in [0.4, 0.5) is 0 Å². The molecule has 0 radical (unpaired) electrons. The number of hydrogen-bond donors (Lipinski definition) is 4. The van der Waals surface area contributed by atoms with E-state index in [0.717, 1.165) is 12.8 Å². The van der Waals surface area contributed by atoms with Crippen LogP contribution in [0.3, 0.4) is 0 Å². The van der Waals surface area contributed by atoms with Crippen LogP contribution in [0.2, 0.25) is 0 Å². The molecule has 0 aromatic heterocycles. The second kappa shape index (κ2) is 10.4. The van der Waals surface area contributed by atoms with Gasteiger partial charge in [0.05, 0.1) is 12.8 Å². The molecule has 8 nitrogen and oxygen atoms in total. The Kier molecular flexibility index (Phi) is 9.24. The van der Waals surface area contributed by atoms with Crippen molar-refractivity contribution < 1.29 is 34.5 Å². The van der Waals surface area contributed by atoms with Crippen molar-refractivity contribution in [1.82, 2.24) is 5.32 Å². The lowest BCUT2D eigenvalue weighted by Gasteiger charge is -2.15. The van der Waals surface area contributed by atoms with E-state index >= 15 is 0 Å². The van der Waals surface area contributed by atoms with Crippen LogP contribution >= 0.6 is 0 Å². The Hall–Kier alpha value is -2.38. The highest BCUT2D eigenvalue weighted by atomic mass is 16.4. The summed E-state index contributed by atoms with van der Waals surface area (Å²) >= 11 is 0. The molecule has 2 atom stereocenters. The first-order valence-electron chi connectivity index (χ1n) is 6.88. The number of aliphatic carboxylic acids is 3. The van der Waals surface area contributed by atoms with Crippen LogP contribution in [-0.4, -0.2) is 45.2 Å². The Morgan fingerprint density at radius 1 is 1.00 bits per heavy atom. The number of nitrogens with one attached hydrogen (secondary N) is 1. The number of carboxylic acids is 3. The van der Waals surface area contributed by atoms with Gasteiger partial charge in [-0.15, -0.1) is 0 Å². The molecular weight excluding hydrogens is 294 g/mol. The minimum absolute atomic E-state index is 0.212. The largest absolute Gasteiger partial charge is 0.481 e. The monoisotopic (exact) mass is 315 g/mol. The number of carbonyl (C=O) groups is 4. The van der Waals surface area contributed by atoms with Gasteiger partial charge in [0.25, 0.3) is 0 Å². The van der Waals surface area contributed by atoms with E-state index in [1.54, 1.807) is 12.2 Å². The van der Waals surface area contributed by atoms with Crippen molar-refractivity contribution in [2.45, 2.75) is 45.1 Å². The topological polar surface area (TPSA) is 141 Å². The predicted molar refractivity (Wildman–Crippen MR) is 76.2 cm³/mol. The van der Waals surface area contributed by atoms with E-state index in [2.05, 4.69) is 5.32 Å². The molecule has 0 saturated heterocycles. The molecule has 0 aromatic rings. The van der Waals surface area contributed by atoms with Crippen molar-refractivity contribution in [3.63, 3.8) is 0 Å². The van der Waals surface area contributed by atoms with Crippen molar-refractivity contribution in [2.24, 2.45) is 5.92 Å². The Labute approximate surface area is 127 Å². The molecule has 8 heteroatoms. The number of hydrogen-bond acceptors (Lipinski definition) is 4. The lowest BCUT2D eigenvalue weighted by molar-refractivity contribution is -0.147.